The number of likely N-dealkylation sites (tertiary alicyclic amines) is 1. The van der Waals surface area contributed by atoms with E-state index in [1.807, 2.05) is 6.92 Å². The molecular formula is C24H32FN3O3S. The predicted octanol–water partition coefficient (Wildman–Crippen LogP) is 4.03. The first kappa shape index (κ1) is 24.2. The van der Waals surface area contributed by atoms with Gasteiger partial charge in [0.25, 0.3) is 15.9 Å². The Morgan fingerprint density at radius 1 is 1.16 bits per heavy atom. The molecule has 2 aromatic carbocycles. The number of para-hydroxylation sites is 1. The van der Waals surface area contributed by atoms with Crippen LogP contribution in [0.1, 0.15) is 43.1 Å². The van der Waals surface area contributed by atoms with Crippen LogP contribution in [-0.4, -0.2) is 44.9 Å². The second kappa shape index (κ2) is 10.0. The monoisotopic (exact) mass is 461 g/mol. The molecule has 3 unspecified atom stereocenters. The molecule has 0 aliphatic carbocycles. The molecule has 1 fully saturated rings. The van der Waals surface area contributed by atoms with E-state index in [0.29, 0.717) is 17.4 Å². The SMILES string of the molecule is Cc1ccc(S(=O)(=O)Nc2ccccc2F)cc1C(=O)NC(C)CN1CC(C)CC(C)C1. The fourth-order valence-corrected chi connectivity index (χ4v) is 5.53. The molecule has 1 aliphatic rings. The van der Waals surface area contributed by atoms with Gasteiger partial charge in [-0.05, 0) is 61.9 Å². The van der Waals surface area contributed by atoms with E-state index in [-0.39, 0.29) is 28.1 Å². The smallest absolute Gasteiger partial charge is 0.262 e. The summed E-state index contributed by atoms with van der Waals surface area (Å²) < 4.78 is 41.7. The summed E-state index contributed by atoms with van der Waals surface area (Å²) >= 11 is 0. The van der Waals surface area contributed by atoms with Crippen LogP contribution in [0, 0.1) is 24.6 Å². The number of carbonyl (C=O) groups is 1. The molecule has 0 aromatic heterocycles. The maximum Gasteiger partial charge on any atom is 0.262 e. The van der Waals surface area contributed by atoms with Crippen molar-refractivity contribution in [2.75, 3.05) is 24.4 Å². The number of nitrogens with zero attached hydrogens (tertiary/aromatic N) is 1. The fraction of sp³-hybridized carbons (Fsp3) is 0.458. The molecule has 32 heavy (non-hydrogen) atoms. The summed E-state index contributed by atoms with van der Waals surface area (Å²) in [5.74, 6) is 0.271. The zero-order valence-corrected chi connectivity index (χ0v) is 19.9. The van der Waals surface area contributed by atoms with Crippen molar-refractivity contribution in [1.82, 2.24) is 10.2 Å². The summed E-state index contributed by atoms with van der Waals surface area (Å²) in [5.41, 5.74) is 0.811. The Hall–Kier alpha value is -2.45. The van der Waals surface area contributed by atoms with Crippen molar-refractivity contribution in [2.45, 2.75) is 45.1 Å². The lowest BCUT2D eigenvalue weighted by molar-refractivity contribution is 0.0904. The second-order valence-corrected chi connectivity index (χ2v) is 10.8. The molecule has 3 atom stereocenters. The van der Waals surface area contributed by atoms with Crippen LogP contribution >= 0.6 is 0 Å². The number of sulfonamides is 1. The Morgan fingerprint density at radius 3 is 2.47 bits per heavy atom. The first-order valence-corrected chi connectivity index (χ1v) is 12.4. The minimum atomic E-state index is -4.05. The van der Waals surface area contributed by atoms with E-state index in [2.05, 4.69) is 28.8 Å². The zero-order valence-electron chi connectivity index (χ0n) is 19.1. The van der Waals surface area contributed by atoms with Gasteiger partial charge in [0.2, 0.25) is 0 Å². The fourth-order valence-electron chi connectivity index (χ4n) is 4.44. The van der Waals surface area contributed by atoms with Crippen molar-refractivity contribution >= 4 is 21.6 Å². The first-order valence-electron chi connectivity index (χ1n) is 11.0. The number of amides is 1. The molecule has 0 spiro atoms. The molecule has 0 radical (unpaired) electrons. The van der Waals surface area contributed by atoms with Crippen LogP contribution in [0.5, 0.6) is 0 Å². The molecule has 1 heterocycles. The molecule has 8 heteroatoms. The molecule has 0 saturated carbocycles. The van der Waals surface area contributed by atoms with Crippen LogP contribution < -0.4 is 10.0 Å². The minimum Gasteiger partial charge on any atom is -0.348 e. The number of carbonyl (C=O) groups excluding carboxylic acids is 1. The van der Waals surface area contributed by atoms with Crippen LogP contribution in [0.15, 0.2) is 47.4 Å². The van der Waals surface area contributed by atoms with Gasteiger partial charge in [0.05, 0.1) is 10.6 Å². The van der Waals surface area contributed by atoms with Gasteiger partial charge in [0, 0.05) is 31.2 Å². The van der Waals surface area contributed by atoms with Gasteiger partial charge in [-0.3, -0.25) is 9.52 Å². The highest BCUT2D eigenvalue weighted by Crippen LogP contribution is 2.22. The summed E-state index contributed by atoms with van der Waals surface area (Å²) in [5, 5.41) is 3.00. The van der Waals surface area contributed by atoms with E-state index in [4.69, 9.17) is 0 Å². The van der Waals surface area contributed by atoms with Gasteiger partial charge < -0.3 is 10.2 Å². The highest BCUT2D eigenvalue weighted by atomic mass is 32.2. The number of hydrogen-bond acceptors (Lipinski definition) is 4. The molecular weight excluding hydrogens is 429 g/mol. The summed E-state index contributed by atoms with van der Waals surface area (Å²) in [6.07, 6.45) is 1.22. The number of aryl methyl sites for hydroxylation is 1. The molecule has 1 saturated heterocycles. The van der Waals surface area contributed by atoms with Crippen LogP contribution in [-0.2, 0) is 10.0 Å². The zero-order chi connectivity index (χ0) is 23.5. The molecule has 3 rings (SSSR count). The number of rotatable bonds is 7. The molecule has 1 aliphatic heterocycles. The molecule has 2 aromatic rings. The number of anilines is 1. The average Bonchev–Trinajstić information content (AvgIpc) is 2.68. The maximum atomic E-state index is 13.9. The summed E-state index contributed by atoms with van der Waals surface area (Å²) in [7, 11) is -4.05. The van der Waals surface area contributed by atoms with Crippen molar-refractivity contribution in [3.05, 3.63) is 59.4 Å². The lowest BCUT2D eigenvalue weighted by atomic mass is 9.92. The highest BCUT2D eigenvalue weighted by molar-refractivity contribution is 7.92. The molecule has 0 bridgehead atoms. The van der Waals surface area contributed by atoms with Crippen LogP contribution in [0.25, 0.3) is 0 Å². The second-order valence-electron chi connectivity index (χ2n) is 9.10. The van der Waals surface area contributed by atoms with Gasteiger partial charge in [0.15, 0.2) is 0 Å². The summed E-state index contributed by atoms with van der Waals surface area (Å²) in [4.78, 5) is 15.2. The van der Waals surface area contributed by atoms with Gasteiger partial charge in [-0.15, -0.1) is 0 Å². The van der Waals surface area contributed by atoms with Crippen LogP contribution in [0.2, 0.25) is 0 Å². The Morgan fingerprint density at radius 2 is 1.81 bits per heavy atom. The topological polar surface area (TPSA) is 78.5 Å². The third-order valence-corrected chi connectivity index (χ3v) is 7.10. The average molecular weight is 462 g/mol. The number of nitrogens with one attached hydrogen (secondary N) is 2. The number of piperidine rings is 1. The van der Waals surface area contributed by atoms with E-state index >= 15 is 0 Å². The minimum absolute atomic E-state index is 0.0868. The van der Waals surface area contributed by atoms with Gasteiger partial charge in [-0.2, -0.15) is 0 Å². The largest absolute Gasteiger partial charge is 0.348 e. The number of halogens is 1. The van der Waals surface area contributed by atoms with Gasteiger partial charge >= 0.3 is 0 Å². The van der Waals surface area contributed by atoms with E-state index in [9.17, 15) is 17.6 Å². The molecule has 1 amide bonds. The maximum absolute atomic E-state index is 13.9. The lowest BCUT2D eigenvalue weighted by Crippen LogP contribution is -2.47. The summed E-state index contributed by atoms with van der Waals surface area (Å²) in [6.45, 7) is 11.0. The molecule has 174 valence electrons. The van der Waals surface area contributed by atoms with Crippen molar-refractivity contribution in [3.8, 4) is 0 Å². The van der Waals surface area contributed by atoms with E-state index in [1.165, 1.54) is 36.8 Å². The third-order valence-electron chi connectivity index (χ3n) is 5.74. The normalized spacial score (nSPS) is 20.5. The van der Waals surface area contributed by atoms with Crippen molar-refractivity contribution < 1.29 is 17.6 Å². The van der Waals surface area contributed by atoms with E-state index in [1.54, 1.807) is 19.1 Å². The Bertz CT molecular complexity index is 1060. The van der Waals surface area contributed by atoms with Crippen molar-refractivity contribution in [3.63, 3.8) is 0 Å². The standard InChI is InChI=1S/C24H32FN3O3S/c1-16-11-17(2)14-28(13-16)15-19(4)26-24(29)21-12-20(10-9-18(21)3)32(30,31)27-23-8-6-5-7-22(23)25/h5-10,12,16-17,19,27H,11,13-15H2,1-4H3,(H,26,29). The Balaban J connectivity index is 1.72. The lowest BCUT2D eigenvalue weighted by Gasteiger charge is -2.36. The Kier molecular flexibility index (Phi) is 7.56. The third kappa shape index (κ3) is 6.07. The summed E-state index contributed by atoms with van der Waals surface area (Å²) in [6, 6.07) is 9.80. The number of hydrogen-bond donors (Lipinski definition) is 2. The van der Waals surface area contributed by atoms with Crippen LogP contribution in [0.3, 0.4) is 0 Å². The van der Waals surface area contributed by atoms with E-state index in [0.717, 1.165) is 19.6 Å². The molecule has 2 N–H and O–H groups in total. The highest BCUT2D eigenvalue weighted by Gasteiger charge is 2.24. The van der Waals surface area contributed by atoms with Crippen LogP contribution in [0.4, 0.5) is 10.1 Å². The number of benzene rings is 2. The molecule has 6 nitrogen and oxygen atoms in total. The van der Waals surface area contributed by atoms with Crippen molar-refractivity contribution in [1.29, 1.82) is 0 Å². The predicted molar refractivity (Wildman–Crippen MR) is 125 cm³/mol. The van der Waals surface area contributed by atoms with Gasteiger partial charge in [0.1, 0.15) is 5.82 Å². The first-order chi connectivity index (χ1) is 15.0. The Labute approximate surface area is 190 Å². The quantitative estimate of drug-likeness (QED) is 0.653. The van der Waals surface area contributed by atoms with E-state index < -0.39 is 15.8 Å². The van der Waals surface area contributed by atoms with Crippen molar-refractivity contribution in [2.24, 2.45) is 11.8 Å². The van der Waals surface area contributed by atoms with Gasteiger partial charge in [-0.1, -0.05) is 32.0 Å². The van der Waals surface area contributed by atoms with Gasteiger partial charge in [-0.25, -0.2) is 12.8 Å².